The molecule has 0 unspecified atom stereocenters. The summed E-state index contributed by atoms with van der Waals surface area (Å²) in [5.74, 6) is -0.288. The first-order chi connectivity index (χ1) is 7.74. The van der Waals surface area contributed by atoms with E-state index in [0.29, 0.717) is 6.04 Å². The van der Waals surface area contributed by atoms with E-state index >= 15 is 0 Å². The SMILES string of the molecule is CNC1CN([C@@H](C#N)c2cccc(F)c2)C1. The summed E-state index contributed by atoms with van der Waals surface area (Å²) < 4.78 is 13.1. The van der Waals surface area contributed by atoms with Crippen molar-refractivity contribution < 1.29 is 4.39 Å². The van der Waals surface area contributed by atoms with Crippen LogP contribution in [-0.4, -0.2) is 31.1 Å². The van der Waals surface area contributed by atoms with E-state index in [0.717, 1.165) is 18.7 Å². The average Bonchev–Trinajstić information content (AvgIpc) is 2.22. The number of nitrogens with zero attached hydrogens (tertiary/aromatic N) is 2. The minimum atomic E-state index is -0.333. The van der Waals surface area contributed by atoms with Gasteiger partial charge in [-0.3, -0.25) is 4.90 Å². The van der Waals surface area contributed by atoms with Crippen LogP contribution in [0.3, 0.4) is 0 Å². The van der Waals surface area contributed by atoms with E-state index in [9.17, 15) is 4.39 Å². The van der Waals surface area contributed by atoms with E-state index < -0.39 is 0 Å². The van der Waals surface area contributed by atoms with Crippen LogP contribution in [0.25, 0.3) is 0 Å². The zero-order valence-electron chi connectivity index (χ0n) is 9.15. The fourth-order valence-electron chi connectivity index (χ4n) is 1.95. The lowest BCUT2D eigenvalue weighted by atomic mass is 10.0. The van der Waals surface area contributed by atoms with Gasteiger partial charge in [0.1, 0.15) is 11.9 Å². The van der Waals surface area contributed by atoms with E-state index in [2.05, 4.69) is 11.4 Å². The van der Waals surface area contributed by atoms with Gasteiger partial charge in [-0.25, -0.2) is 4.39 Å². The molecule has 4 heteroatoms. The van der Waals surface area contributed by atoms with E-state index in [-0.39, 0.29) is 11.9 Å². The lowest BCUT2D eigenvalue weighted by molar-refractivity contribution is 0.104. The Morgan fingerprint density at radius 2 is 2.31 bits per heavy atom. The van der Waals surface area contributed by atoms with Gasteiger partial charge in [-0.1, -0.05) is 12.1 Å². The fraction of sp³-hybridized carbons (Fsp3) is 0.417. The molecular formula is C12H14FN3. The summed E-state index contributed by atoms with van der Waals surface area (Å²) in [7, 11) is 1.91. The summed E-state index contributed by atoms with van der Waals surface area (Å²) in [5.41, 5.74) is 0.733. The van der Waals surface area contributed by atoms with Crippen LogP contribution < -0.4 is 5.32 Å². The minimum absolute atomic E-state index is 0.288. The highest BCUT2D eigenvalue weighted by Gasteiger charge is 2.32. The second-order valence-electron chi connectivity index (χ2n) is 4.03. The van der Waals surface area contributed by atoms with Crippen molar-refractivity contribution in [2.75, 3.05) is 20.1 Å². The first kappa shape index (κ1) is 11.1. The molecule has 0 aromatic heterocycles. The van der Waals surface area contributed by atoms with Gasteiger partial charge in [-0.05, 0) is 24.7 Å². The molecule has 0 saturated carbocycles. The van der Waals surface area contributed by atoms with E-state index in [4.69, 9.17) is 5.26 Å². The van der Waals surface area contributed by atoms with Crippen molar-refractivity contribution in [2.45, 2.75) is 12.1 Å². The summed E-state index contributed by atoms with van der Waals surface area (Å²) in [5, 5.41) is 12.3. The fourth-order valence-corrected chi connectivity index (χ4v) is 1.95. The molecule has 1 saturated heterocycles. The van der Waals surface area contributed by atoms with Gasteiger partial charge in [0.05, 0.1) is 6.07 Å². The van der Waals surface area contributed by atoms with Crippen molar-refractivity contribution in [3.63, 3.8) is 0 Å². The highest BCUT2D eigenvalue weighted by Crippen LogP contribution is 2.25. The summed E-state index contributed by atoms with van der Waals surface area (Å²) in [6.45, 7) is 1.68. The smallest absolute Gasteiger partial charge is 0.124 e. The molecule has 1 aliphatic rings. The topological polar surface area (TPSA) is 39.1 Å². The molecule has 84 valence electrons. The zero-order valence-corrected chi connectivity index (χ0v) is 9.15. The van der Waals surface area contributed by atoms with Crippen LogP contribution >= 0.6 is 0 Å². The Bertz CT molecular complexity index is 407. The maximum atomic E-state index is 13.1. The molecule has 1 atom stereocenters. The molecule has 1 aromatic carbocycles. The Hall–Kier alpha value is -1.44. The minimum Gasteiger partial charge on any atom is -0.315 e. The Balaban J connectivity index is 2.10. The van der Waals surface area contributed by atoms with Gasteiger partial charge in [0.25, 0.3) is 0 Å². The largest absolute Gasteiger partial charge is 0.315 e. The molecule has 0 amide bonds. The number of nitrogens with one attached hydrogen (secondary N) is 1. The molecule has 0 spiro atoms. The lowest BCUT2D eigenvalue weighted by Crippen LogP contribution is -2.57. The van der Waals surface area contributed by atoms with Crippen molar-refractivity contribution in [2.24, 2.45) is 0 Å². The monoisotopic (exact) mass is 219 g/mol. The van der Waals surface area contributed by atoms with Crippen LogP contribution in [-0.2, 0) is 0 Å². The number of likely N-dealkylation sites (N-methyl/N-ethyl adjacent to an activating group) is 1. The number of likely N-dealkylation sites (tertiary alicyclic amines) is 1. The molecule has 0 bridgehead atoms. The number of nitriles is 1. The number of hydrogen-bond donors (Lipinski definition) is 1. The number of hydrogen-bond acceptors (Lipinski definition) is 3. The van der Waals surface area contributed by atoms with Crippen LogP contribution in [0.15, 0.2) is 24.3 Å². The highest BCUT2D eigenvalue weighted by molar-refractivity contribution is 5.25. The van der Waals surface area contributed by atoms with E-state index in [1.807, 2.05) is 11.9 Å². The molecule has 0 radical (unpaired) electrons. The second kappa shape index (κ2) is 4.60. The maximum Gasteiger partial charge on any atom is 0.124 e. The first-order valence-electron chi connectivity index (χ1n) is 5.31. The number of halogens is 1. The summed E-state index contributed by atoms with van der Waals surface area (Å²) in [6.07, 6.45) is 0. The summed E-state index contributed by atoms with van der Waals surface area (Å²) >= 11 is 0. The quantitative estimate of drug-likeness (QED) is 0.832. The Morgan fingerprint density at radius 1 is 1.56 bits per heavy atom. The Morgan fingerprint density at radius 3 is 2.88 bits per heavy atom. The third-order valence-electron chi connectivity index (χ3n) is 2.97. The maximum absolute atomic E-state index is 13.1. The van der Waals surface area contributed by atoms with Crippen LogP contribution in [0.2, 0.25) is 0 Å². The Labute approximate surface area is 94.5 Å². The summed E-state index contributed by atoms with van der Waals surface area (Å²) in [6, 6.07) is 8.60. The van der Waals surface area contributed by atoms with Gasteiger partial charge in [0.2, 0.25) is 0 Å². The van der Waals surface area contributed by atoms with E-state index in [1.54, 1.807) is 12.1 Å². The molecule has 1 heterocycles. The molecule has 1 aliphatic heterocycles. The zero-order chi connectivity index (χ0) is 11.5. The first-order valence-corrected chi connectivity index (χ1v) is 5.31. The van der Waals surface area contributed by atoms with Gasteiger partial charge in [-0.15, -0.1) is 0 Å². The van der Waals surface area contributed by atoms with Crippen molar-refractivity contribution in [3.8, 4) is 6.07 Å². The molecule has 3 nitrogen and oxygen atoms in total. The number of rotatable bonds is 3. The van der Waals surface area contributed by atoms with Crippen LogP contribution in [0.4, 0.5) is 4.39 Å². The molecule has 16 heavy (non-hydrogen) atoms. The van der Waals surface area contributed by atoms with Crippen molar-refractivity contribution in [1.29, 1.82) is 5.26 Å². The predicted octanol–water partition coefficient (Wildman–Crippen LogP) is 1.29. The second-order valence-corrected chi connectivity index (χ2v) is 4.03. The standard InChI is InChI=1S/C12H14FN3/c1-15-11-7-16(8-11)12(6-14)9-3-2-4-10(13)5-9/h2-5,11-12,15H,7-8H2,1H3/t12-/m0/s1. The van der Waals surface area contributed by atoms with Crippen LogP contribution in [0.1, 0.15) is 11.6 Å². The van der Waals surface area contributed by atoms with Crippen molar-refractivity contribution in [3.05, 3.63) is 35.6 Å². The summed E-state index contributed by atoms with van der Waals surface area (Å²) in [4.78, 5) is 2.04. The molecule has 2 rings (SSSR count). The average molecular weight is 219 g/mol. The molecule has 0 aliphatic carbocycles. The molecule has 1 N–H and O–H groups in total. The van der Waals surface area contributed by atoms with Crippen LogP contribution in [0.5, 0.6) is 0 Å². The third kappa shape index (κ3) is 2.06. The van der Waals surface area contributed by atoms with Crippen LogP contribution in [0, 0.1) is 17.1 Å². The molecule has 1 fully saturated rings. The van der Waals surface area contributed by atoms with Gasteiger partial charge >= 0.3 is 0 Å². The lowest BCUT2D eigenvalue weighted by Gasteiger charge is -2.41. The predicted molar refractivity (Wildman–Crippen MR) is 59.2 cm³/mol. The normalized spacial score (nSPS) is 18.8. The van der Waals surface area contributed by atoms with Gasteiger partial charge < -0.3 is 5.32 Å². The van der Waals surface area contributed by atoms with Crippen molar-refractivity contribution >= 4 is 0 Å². The Kier molecular flexibility index (Phi) is 3.18. The van der Waals surface area contributed by atoms with Gasteiger partial charge in [0.15, 0.2) is 0 Å². The molecular weight excluding hydrogens is 205 g/mol. The third-order valence-corrected chi connectivity index (χ3v) is 2.97. The van der Waals surface area contributed by atoms with Crippen molar-refractivity contribution in [1.82, 2.24) is 10.2 Å². The van der Waals surface area contributed by atoms with E-state index in [1.165, 1.54) is 12.1 Å². The highest BCUT2D eigenvalue weighted by atomic mass is 19.1. The van der Waals surface area contributed by atoms with Gasteiger partial charge in [-0.2, -0.15) is 5.26 Å². The molecule has 1 aromatic rings. The number of benzene rings is 1. The van der Waals surface area contributed by atoms with Gasteiger partial charge in [0, 0.05) is 19.1 Å².